The van der Waals surface area contributed by atoms with E-state index < -0.39 is 10.0 Å². The third-order valence-corrected chi connectivity index (χ3v) is 8.81. The van der Waals surface area contributed by atoms with Crippen molar-refractivity contribution in [1.29, 1.82) is 0 Å². The Hall–Kier alpha value is -2.22. The molecule has 1 fully saturated rings. The molecule has 4 rings (SSSR count). The van der Waals surface area contributed by atoms with Crippen LogP contribution in [0.1, 0.15) is 38.7 Å². The van der Waals surface area contributed by atoms with Gasteiger partial charge in [0.2, 0.25) is 10.0 Å². The van der Waals surface area contributed by atoms with Crippen LogP contribution in [0.25, 0.3) is 11.3 Å². The Bertz CT molecular complexity index is 1220. The molecule has 170 valence electrons. The van der Waals surface area contributed by atoms with Crippen molar-refractivity contribution in [3.8, 4) is 11.3 Å². The minimum Gasteiger partial charge on any atom is -0.316 e. The molecule has 2 heterocycles. The molecule has 2 aromatic carbocycles. The summed E-state index contributed by atoms with van der Waals surface area (Å²) in [7, 11) is -3.43. The monoisotopic (exact) mass is 469 g/mol. The molecule has 0 bridgehead atoms. The molecule has 0 atom stereocenters. The van der Waals surface area contributed by atoms with Crippen LogP contribution >= 0.6 is 11.3 Å². The van der Waals surface area contributed by atoms with E-state index in [1.807, 2.05) is 24.3 Å². The highest BCUT2D eigenvalue weighted by Crippen LogP contribution is 2.27. The van der Waals surface area contributed by atoms with E-state index in [9.17, 15) is 8.42 Å². The van der Waals surface area contributed by atoms with Crippen molar-refractivity contribution in [2.24, 2.45) is 10.9 Å². The predicted molar refractivity (Wildman–Crippen MR) is 132 cm³/mol. The summed E-state index contributed by atoms with van der Waals surface area (Å²) >= 11 is 1.61. The molecule has 5 nitrogen and oxygen atoms in total. The number of aromatic nitrogens is 1. The highest BCUT2D eigenvalue weighted by Gasteiger charge is 2.28. The van der Waals surface area contributed by atoms with E-state index >= 15 is 0 Å². The van der Waals surface area contributed by atoms with Crippen molar-refractivity contribution in [3.63, 3.8) is 0 Å². The number of hydrogen-bond acceptors (Lipinski definition) is 4. The van der Waals surface area contributed by atoms with Gasteiger partial charge in [0.1, 0.15) is 0 Å². The summed E-state index contributed by atoms with van der Waals surface area (Å²) in [6.07, 6.45) is 2.84. The first-order valence-corrected chi connectivity index (χ1v) is 13.6. The lowest BCUT2D eigenvalue weighted by Gasteiger charge is -2.29. The van der Waals surface area contributed by atoms with Crippen LogP contribution in [0.3, 0.4) is 0 Å². The van der Waals surface area contributed by atoms with Crippen molar-refractivity contribution in [3.05, 3.63) is 64.3 Å². The van der Waals surface area contributed by atoms with Gasteiger partial charge in [-0.1, -0.05) is 43.7 Å². The molecule has 3 aromatic rings. The summed E-state index contributed by atoms with van der Waals surface area (Å²) in [6.45, 7) is 8.48. The van der Waals surface area contributed by atoms with E-state index in [-0.39, 0.29) is 0 Å². The van der Waals surface area contributed by atoms with Crippen molar-refractivity contribution >= 4 is 27.0 Å². The molecule has 1 aliphatic rings. The quantitative estimate of drug-likeness (QED) is 0.473. The van der Waals surface area contributed by atoms with E-state index in [2.05, 4.69) is 42.9 Å². The smallest absolute Gasteiger partial charge is 0.243 e. The maximum absolute atomic E-state index is 13.1. The molecular formula is C25H31N3O2S2. The molecule has 32 heavy (non-hydrogen) atoms. The highest BCUT2D eigenvalue weighted by molar-refractivity contribution is 7.89. The SMILES string of the molecule is CCCn1c(-c2ccc(S(=O)(=O)N3CCC(C)CC3)cc2)csc1=Nc1ccc(C)cc1. The minimum atomic E-state index is -3.43. The van der Waals surface area contributed by atoms with Crippen LogP contribution in [0.4, 0.5) is 5.69 Å². The van der Waals surface area contributed by atoms with E-state index in [1.54, 1.807) is 27.8 Å². The van der Waals surface area contributed by atoms with Gasteiger partial charge in [0.25, 0.3) is 0 Å². The Balaban J connectivity index is 1.64. The zero-order valence-electron chi connectivity index (χ0n) is 19.0. The fraction of sp³-hybridized carbons (Fsp3) is 0.400. The van der Waals surface area contributed by atoms with Crippen LogP contribution in [0.5, 0.6) is 0 Å². The maximum Gasteiger partial charge on any atom is 0.243 e. The molecule has 0 aliphatic carbocycles. The lowest BCUT2D eigenvalue weighted by atomic mass is 10.0. The number of rotatable bonds is 6. The van der Waals surface area contributed by atoms with Crippen LogP contribution < -0.4 is 4.80 Å². The predicted octanol–water partition coefficient (Wildman–Crippen LogP) is 5.59. The second-order valence-corrected chi connectivity index (χ2v) is 11.4. The highest BCUT2D eigenvalue weighted by atomic mass is 32.2. The topological polar surface area (TPSA) is 54.7 Å². The summed E-state index contributed by atoms with van der Waals surface area (Å²) < 4.78 is 29.9. The van der Waals surface area contributed by atoms with Gasteiger partial charge in [0.15, 0.2) is 4.80 Å². The van der Waals surface area contributed by atoms with E-state index in [1.165, 1.54) is 5.56 Å². The number of benzene rings is 2. The summed E-state index contributed by atoms with van der Waals surface area (Å²) in [5, 5.41) is 2.11. The van der Waals surface area contributed by atoms with Gasteiger partial charge in [0, 0.05) is 25.0 Å². The van der Waals surface area contributed by atoms with Crippen molar-refractivity contribution < 1.29 is 8.42 Å². The number of sulfonamides is 1. The van der Waals surface area contributed by atoms with E-state index in [0.29, 0.717) is 23.9 Å². The summed E-state index contributed by atoms with van der Waals surface area (Å²) in [6, 6.07) is 15.5. The number of hydrogen-bond donors (Lipinski definition) is 0. The lowest BCUT2D eigenvalue weighted by molar-refractivity contribution is 0.288. The maximum atomic E-state index is 13.1. The van der Waals surface area contributed by atoms with E-state index in [0.717, 1.165) is 47.6 Å². The first-order valence-electron chi connectivity index (χ1n) is 11.3. The van der Waals surface area contributed by atoms with Crippen molar-refractivity contribution in [1.82, 2.24) is 8.87 Å². The fourth-order valence-corrected chi connectivity index (χ4v) is 6.42. The summed E-state index contributed by atoms with van der Waals surface area (Å²) in [5.74, 6) is 0.593. The van der Waals surface area contributed by atoms with Crippen molar-refractivity contribution in [2.75, 3.05) is 13.1 Å². The first kappa shape index (κ1) is 23.0. The van der Waals surface area contributed by atoms with Gasteiger partial charge in [0.05, 0.1) is 16.3 Å². The zero-order valence-corrected chi connectivity index (χ0v) is 20.6. The Labute approximate surface area is 195 Å². The molecular weight excluding hydrogens is 438 g/mol. The van der Waals surface area contributed by atoms with Gasteiger partial charge >= 0.3 is 0 Å². The molecule has 7 heteroatoms. The average molecular weight is 470 g/mol. The van der Waals surface area contributed by atoms with Gasteiger partial charge < -0.3 is 4.57 Å². The number of thiazole rings is 1. The molecule has 0 saturated carbocycles. The van der Waals surface area contributed by atoms with Gasteiger partial charge in [-0.3, -0.25) is 0 Å². The molecule has 0 amide bonds. The second kappa shape index (κ2) is 9.73. The molecule has 0 N–H and O–H groups in total. The van der Waals surface area contributed by atoms with Crippen LogP contribution in [0.2, 0.25) is 0 Å². The third kappa shape index (κ3) is 4.90. The van der Waals surface area contributed by atoms with Gasteiger partial charge in [-0.05, 0) is 61.9 Å². The van der Waals surface area contributed by atoms with Crippen LogP contribution in [0.15, 0.2) is 63.8 Å². The molecule has 0 unspecified atom stereocenters. The minimum absolute atomic E-state index is 0.373. The standard InChI is InChI=1S/C25H31N3O2S2/c1-4-15-28-24(18-31-25(28)26-22-9-5-19(2)6-10-22)21-7-11-23(12-8-21)32(29,30)27-16-13-20(3)14-17-27/h5-12,18,20H,4,13-17H2,1-3H3. The van der Waals surface area contributed by atoms with Gasteiger partial charge in [-0.15, -0.1) is 11.3 Å². The average Bonchev–Trinajstić information content (AvgIpc) is 3.18. The molecule has 1 saturated heterocycles. The molecule has 0 spiro atoms. The van der Waals surface area contributed by atoms with Crippen LogP contribution in [-0.2, 0) is 16.6 Å². The second-order valence-electron chi connectivity index (χ2n) is 8.61. The summed E-state index contributed by atoms with van der Waals surface area (Å²) in [4.78, 5) is 6.17. The van der Waals surface area contributed by atoms with Crippen LogP contribution in [-0.4, -0.2) is 30.4 Å². The third-order valence-electron chi connectivity index (χ3n) is 6.03. The normalized spacial score (nSPS) is 16.5. The molecule has 1 aromatic heterocycles. The summed E-state index contributed by atoms with van der Waals surface area (Å²) in [5.41, 5.74) is 4.22. The molecule has 1 aliphatic heterocycles. The fourth-order valence-electron chi connectivity index (χ4n) is 3.99. The van der Waals surface area contributed by atoms with Crippen LogP contribution in [0, 0.1) is 12.8 Å². The number of piperidine rings is 1. The zero-order chi connectivity index (χ0) is 22.7. The van der Waals surface area contributed by atoms with E-state index in [4.69, 9.17) is 4.99 Å². The first-order chi connectivity index (χ1) is 15.4. The Morgan fingerprint density at radius 3 is 2.31 bits per heavy atom. The Morgan fingerprint density at radius 2 is 1.69 bits per heavy atom. The van der Waals surface area contributed by atoms with Gasteiger partial charge in [-0.25, -0.2) is 13.4 Å². The lowest BCUT2D eigenvalue weighted by Crippen LogP contribution is -2.37. The molecule has 0 radical (unpaired) electrons. The Morgan fingerprint density at radius 1 is 1.03 bits per heavy atom. The Kier molecular flexibility index (Phi) is 6.98. The number of aryl methyl sites for hydroxylation is 1. The van der Waals surface area contributed by atoms with Crippen molar-refractivity contribution in [2.45, 2.75) is 51.5 Å². The largest absolute Gasteiger partial charge is 0.316 e. The van der Waals surface area contributed by atoms with Gasteiger partial charge in [-0.2, -0.15) is 4.31 Å². The number of nitrogens with zero attached hydrogens (tertiary/aromatic N) is 3.